The Morgan fingerprint density at radius 2 is 1.67 bits per heavy atom. The summed E-state index contributed by atoms with van der Waals surface area (Å²) in [6.07, 6.45) is 1.83. The maximum Gasteiger partial charge on any atom is 0.134 e. The molecule has 2 aromatic carbocycles. The van der Waals surface area contributed by atoms with E-state index in [4.69, 9.17) is 4.42 Å². The zero-order chi connectivity index (χ0) is 14.9. The second kappa shape index (κ2) is 5.28. The van der Waals surface area contributed by atoms with Crippen molar-refractivity contribution in [3.8, 4) is 0 Å². The van der Waals surface area contributed by atoms with Crippen molar-refractivity contribution in [1.29, 1.82) is 0 Å². The summed E-state index contributed by atoms with van der Waals surface area (Å²) in [6, 6.07) is 16.8. The Morgan fingerprint density at radius 3 is 2.38 bits per heavy atom. The van der Waals surface area contributed by atoms with E-state index in [1.807, 2.05) is 24.5 Å². The van der Waals surface area contributed by atoms with Gasteiger partial charge in [0.25, 0.3) is 0 Å². The monoisotopic (exact) mass is 279 g/mol. The summed E-state index contributed by atoms with van der Waals surface area (Å²) in [6.45, 7) is 7.46. The summed E-state index contributed by atoms with van der Waals surface area (Å²) in [5, 5.41) is 4.63. The molecule has 3 aromatic rings. The van der Waals surface area contributed by atoms with Gasteiger partial charge in [0.1, 0.15) is 5.58 Å². The van der Waals surface area contributed by atoms with Crippen LogP contribution in [0.1, 0.15) is 31.9 Å². The number of hydrogen-bond acceptors (Lipinski definition) is 2. The highest BCUT2D eigenvalue weighted by molar-refractivity contribution is 5.81. The van der Waals surface area contributed by atoms with Gasteiger partial charge in [-0.3, -0.25) is 0 Å². The van der Waals surface area contributed by atoms with Gasteiger partial charge in [0.2, 0.25) is 0 Å². The van der Waals surface area contributed by atoms with Crippen molar-refractivity contribution in [3.63, 3.8) is 0 Å². The Labute approximate surface area is 125 Å². The lowest BCUT2D eigenvalue weighted by molar-refractivity contribution is 0.590. The molecule has 3 rings (SSSR count). The van der Waals surface area contributed by atoms with Gasteiger partial charge in [0.05, 0.1) is 6.26 Å². The first kappa shape index (κ1) is 13.7. The molecule has 21 heavy (non-hydrogen) atoms. The lowest BCUT2D eigenvalue weighted by atomic mass is 9.87. The molecule has 0 atom stereocenters. The third-order valence-corrected chi connectivity index (χ3v) is 3.80. The topological polar surface area (TPSA) is 25.2 Å². The van der Waals surface area contributed by atoms with Crippen molar-refractivity contribution in [2.45, 2.75) is 32.7 Å². The van der Waals surface area contributed by atoms with E-state index in [0.29, 0.717) is 0 Å². The summed E-state index contributed by atoms with van der Waals surface area (Å²) in [5.41, 5.74) is 4.80. The van der Waals surface area contributed by atoms with Crippen molar-refractivity contribution < 1.29 is 4.42 Å². The van der Waals surface area contributed by atoms with E-state index in [1.54, 1.807) is 0 Å². The third-order valence-electron chi connectivity index (χ3n) is 3.80. The lowest BCUT2D eigenvalue weighted by Gasteiger charge is -2.19. The number of furan rings is 1. The minimum atomic E-state index is 0.194. The van der Waals surface area contributed by atoms with Gasteiger partial charge in [-0.25, -0.2) is 0 Å². The van der Waals surface area contributed by atoms with Gasteiger partial charge in [-0.2, -0.15) is 0 Å². The van der Waals surface area contributed by atoms with Crippen LogP contribution in [0, 0.1) is 0 Å². The molecule has 0 spiro atoms. The van der Waals surface area contributed by atoms with Crippen molar-refractivity contribution >= 4 is 16.7 Å². The standard InChI is InChI=1S/C19H21NO/c1-19(2,3)15-8-10-16(11-9-15)20-12-14-13-21-18-7-5-4-6-17(14)18/h4-11,13,20H,12H2,1-3H3. The summed E-state index contributed by atoms with van der Waals surface area (Å²) < 4.78 is 5.56. The van der Waals surface area contributed by atoms with Gasteiger partial charge in [0.15, 0.2) is 0 Å². The van der Waals surface area contributed by atoms with E-state index in [0.717, 1.165) is 17.8 Å². The van der Waals surface area contributed by atoms with E-state index < -0.39 is 0 Å². The number of benzene rings is 2. The summed E-state index contributed by atoms with van der Waals surface area (Å²) >= 11 is 0. The molecule has 108 valence electrons. The maximum atomic E-state index is 5.56. The van der Waals surface area contributed by atoms with E-state index in [9.17, 15) is 0 Å². The van der Waals surface area contributed by atoms with Crippen LogP contribution in [-0.4, -0.2) is 0 Å². The number of hydrogen-bond donors (Lipinski definition) is 1. The predicted molar refractivity (Wildman–Crippen MR) is 88.7 cm³/mol. The van der Waals surface area contributed by atoms with E-state index in [2.05, 4.69) is 56.4 Å². The lowest BCUT2D eigenvalue weighted by Crippen LogP contribution is -2.10. The van der Waals surface area contributed by atoms with Crippen LogP contribution in [0.25, 0.3) is 11.0 Å². The Hall–Kier alpha value is -2.22. The van der Waals surface area contributed by atoms with Crippen LogP contribution in [0.3, 0.4) is 0 Å². The molecule has 0 radical (unpaired) electrons. The fourth-order valence-corrected chi connectivity index (χ4v) is 2.46. The molecule has 0 aliphatic rings. The van der Waals surface area contributed by atoms with Crippen molar-refractivity contribution in [1.82, 2.24) is 0 Å². The van der Waals surface area contributed by atoms with Crippen LogP contribution in [-0.2, 0) is 12.0 Å². The molecule has 0 fully saturated rings. The van der Waals surface area contributed by atoms with Gasteiger partial charge < -0.3 is 9.73 Å². The Kier molecular flexibility index (Phi) is 3.46. The molecule has 0 bridgehead atoms. The Balaban J connectivity index is 1.73. The second-order valence-corrected chi connectivity index (χ2v) is 6.44. The smallest absolute Gasteiger partial charge is 0.134 e. The van der Waals surface area contributed by atoms with Crippen LogP contribution in [0.5, 0.6) is 0 Å². The minimum absolute atomic E-state index is 0.194. The van der Waals surface area contributed by atoms with E-state index in [1.165, 1.54) is 16.5 Å². The predicted octanol–water partition coefficient (Wildman–Crippen LogP) is 5.34. The van der Waals surface area contributed by atoms with Crippen LogP contribution in [0.15, 0.2) is 59.2 Å². The Morgan fingerprint density at radius 1 is 0.952 bits per heavy atom. The van der Waals surface area contributed by atoms with Crippen molar-refractivity contribution in [2.24, 2.45) is 0 Å². The molecule has 0 aliphatic heterocycles. The molecular formula is C19H21NO. The van der Waals surface area contributed by atoms with Crippen LogP contribution in [0.4, 0.5) is 5.69 Å². The number of fused-ring (bicyclic) bond motifs is 1. The number of anilines is 1. The molecule has 0 saturated heterocycles. The fourth-order valence-electron chi connectivity index (χ4n) is 2.46. The van der Waals surface area contributed by atoms with Crippen LogP contribution < -0.4 is 5.32 Å². The zero-order valence-electron chi connectivity index (χ0n) is 12.8. The normalized spacial score (nSPS) is 11.8. The average molecular weight is 279 g/mol. The molecule has 0 saturated carbocycles. The minimum Gasteiger partial charge on any atom is -0.464 e. The molecule has 2 nitrogen and oxygen atoms in total. The third kappa shape index (κ3) is 2.94. The summed E-state index contributed by atoms with van der Waals surface area (Å²) in [4.78, 5) is 0. The highest BCUT2D eigenvalue weighted by atomic mass is 16.3. The number of para-hydroxylation sites is 1. The van der Waals surface area contributed by atoms with Crippen molar-refractivity contribution in [2.75, 3.05) is 5.32 Å². The SMILES string of the molecule is CC(C)(C)c1ccc(NCc2coc3ccccc23)cc1. The van der Waals surface area contributed by atoms with Gasteiger partial charge in [-0.05, 0) is 29.2 Å². The van der Waals surface area contributed by atoms with E-state index >= 15 is 0 Å². The molecule has 1 N–H and O–H groups in total. The quantitative estimate of drug-likeness (QED) is 0.699. The number of rotatable bonds is 3. The van der Waals surface area contributed by atoms with Gasteiger partial charge in [-0.15, -0.1) is 0 Å². The van der Waals surface area contributed by atoms with Gasteiger partial charge >= 0.3 is 0 Å². The summed E-state index contributed by atoms with van der Waals surface area (Å²) in [7, 11) is 0. The maximum absolute atomic E-state index is 5.56. The van der Waals surface area contributed by atoms with Gasteiger partial charge in [-0.1, -0.05) is 51.1 Å². The van der Waals surface area contributed by atoms with E-state index in [-0.39, 0.29) is 5.41 Å². The van der Waals surface area contributed by atoms with Crippen molar-refractivity contribution in [3.05, 3.63) is 65.9 Å². The van der Waals surface area contributed by atoms with Crippen LogP contribution in [0.2, 0.25) is 0 Å². The summed E-state index contributed by atoms with van der Waals surface area (Å²) in [5.74, 6) is 0. The Bertz CT molecular complexity index is 732. The first-order valence-corrected chi connectivity index (χ1v) is 7.33. The highest BCUT2D eigenvalue weighted by Crippen LogP contribution is 2.25. The molecule has 1 aromatic heterocycles. The fraction of sp³-hybridized carbons (Fsp3) is 0.263. The van der Waals surface area contributed by atoms with Crippen LogP contribution >= 0.6 is 0 Å². The molecule has 1 heterocycles. The molecule has 0 aliphatic carbocycles. The molecular weight excluding hydrogens is 258 g/mol. The largest absolute Gasteiger partial charge is 0.464 e. The number of nitrogens with one attached hydrogen (secondary N) is 1. The highest BCUT2D eigenvalue weighted by Gasteiger charge is 2.12. The molecule has 2 heteroatoms. The first-order valence-electron chi connectivity index (χ1n) is 7.33. The average Bonchev–Trinajstić information content (AvgIpc) is 2.88. The molecule has 0 amide bonds. The molecule has 0 unspecified atom stereocenters. The zero-order valence-corrected chi connectivity index (χ0v) is 12.8. The first-order chi connectivity index (χ1) is 10.0. The van der Waals surface area contributed by atoms with Gasteiger partial charge in [0, 0.05) is 23.2 Å². The second-order valence-electron chi connectivity index (χ2n) is 6.44.